The van der Waals surface area contributed by atoms with E-state index in [0.29, 0.717) is 0 Å². The van der Waals surface area contributed by atoms with Crippen molar-refractivity contribution >= 4 is 108 Å². The highest BCUT2D eigenvalue weighted by molar-refractivity contribution is 6.24. The molecule has 4 heterocycles. The van der Waals surface area contributed by atoms with Crippen molar-refractivity contribution in [1.82, 2.24) is 19.1 Å². The minimum Gasteiger partial charge on any atom is -0.309 e. The predicted molar refractivity (Wildman–Crippen MR) is 466 cm³/mol. The maximum atomic E-state index is 5.27. The van der Waals surface area contributed by atoms with Crippen LogP contribution in [0.1, 0.15) is 0 Å². The Morgan fingerprint density at radius 2 is 0.491 bits per heavy atom. The quantitative estimate of drug-likeness (QED) is 0.128. The molecular weight excluding hydrogens is 1330 g/mol. The Kier molecular flexibility index (Phi) is 15.5. The summed E-state index contributed by atoms with van der Waals surface area (Å²) in [6.45, 7) is 0. The molecule has 18 aromatic carbocycles. The van der Waals surface area contributed by atoms with E-state index < -0.39 is 0 Å². The lowest BCUT2D eigenvalue weighted by Crippen LogP contribution is -1.96. The lowest BCUT2D eigenvalue weighted by atomic mass is 9.87. The topological polar surface area (TPSA) is 35.6 Å². The van der Waals surface area contributed by atoms with Crippen molar-refractivity contribution in [2.24, 2.45) is 0 Å². The summed E-state index contributed by atoms with van der Waals surface area (Å²) in [6.07, 6.45) is 4.10. The normalized spacial score (nSPS) is 11.6. The molecule has 22 aromatic rings. The van der Waals surface area contributed by atoms with Gasteiger partial charge in [-0.15, -0.1) is 0 Å². The molecule has 0 saturated carbocycles. The molecule has 0 amide bonds. The second kappa shape index (κ2) is 26.8. The van der Waals surface area contributed by atoms with E-state index in [4.69, 9.17) is 9.97 Å². The molecule has 4 heteroatoms. The minimum absolute atomic E-state index is 0.962. The molecule has 512 valence electrons. The van der Waals surface area contributed by atoms with Crippen LogP contribution in [0.2, 0.25) is 0 Å². The van der Waals surface area contributed by atoms with Crippen LogP contribution >= 0.6 is 0 Å². The molecule has 110 heavy (non-hydrogen) atoms. The first-order chi connectivity index (χ1) is 54.6. The highest BCUT2D eigenvalue weighted by Crippen LogP contribution is 2.48. The van der Waals surface area contributed by atoms with Crippen molar-refractivity contribution < 1.29 is 0 Å². The van der Waals surface area contributed by atoms with E-state index >= 15 is 0 Å². The number of pyridine rings is 2. The second-order valence-electron chi connectivity index (χ2n) is 28.6. The molecule has 0 radical (unpaired) electrons. The third-order valence-electron chi connectivity index (χ3n) is 22.4. The average Bonchev–Trinajstić information content (AvgIpc) is 1.32. The number of benzene rings is 18. The molecule has 0 spiro atoms. The summed E-state index contributed by atoms with van der Waals surface area (Å²) in [5, 5.41) is 19.6. The van der Waals surface area contributed by atoms with Crippen molar-refractivity contribution in [3.05, 3.63) is 413 Å². The zero-order valence-corrected chi connectivity index (χ0v) is 60.0. The number of hydrogen-bond acceptors (Lipinski definition) is 2. The van der Waals surface area contributed by atoms with Crippen LogP contribution in [-0.4, -0.2) is 19.1 Å². The van der Waals surface area contributed by atoms with Gasteiger partial charge in [0, 0.05) is 73.1 Å². The number of nitrogens with zero attached hydrogens (tertiary/aromatic N) is 4. The summed E-state index contributed by atoms with van der Waals surface area (Å²) in [5.41, 5.74) is 25.6. The molecule has 0 saturated heterocycles. The molecule has 4 nitrogen and oxygen atoms in total. The summed E-state index contributed by atoms with van der Waals surface area (Å²) >= 11 is 0. The molecule has 0 fully saturated rings. The van der Waals surface area contributed by atoms with Gasteiger partial charge in [0.1, 0.15) is 0 Å². The highest BCUT2D eigenvalue weighted by Gasteiger charge is 2.23. The Hall–Kier alpha value is -14.6. The van der Waals surface area contributed by atoms with E-state index in [1.165, 1.54) is 153 Å². The van der Waals surface area contributed by atoms with Gasteiger partial charge in [-0.25, -0.2) is 0 Å². The zero-order chi connectivity index (χ0) is 72.6. The summed E-state index contributed by atoms with van der Waals surface area (Å²) in [4.78, 5) is 10.5. The van der Waals surface area contributed by atoms with Gasteiger partial charge in [0.05, 0.1) is 33.5 Å². The van der Waals surface area contributed by atoms with Crippen LogP contribution in [0.4, 0.5) is 0 Å². The molecule has 0 aliphatic heterocycles. The third-order valence-corrected chi connectivity index (χ3v) is 22.4. The summed E-state index contributed by atoms with van der Waals surface area (Å²) in [5.74, 6) is 0. The lowest BCUT2D eigenvalue weighted by Gasteiger charge is -2.18. The summed E-state index contributed by atoms with van der Waals surface area (Å²) < 4.78 is 4.82. The monoisotopic (exact) mass is 1400 g/mol. The number of aromatic nitrogens is 4. The molecule has 0 atom stereocenters. The zero-order valence-electron chi connectivity index (χ0n) is 60.0. The van der Waals surface area contributed by atoms with Gasteiger partial charge >= 0.3 is 0 Å². The Bertz CT molecular complexity index is 7190. The van der Waals surface area contributed by atoms with Gasteiger partial charge in [-0.1, -0.05) is 334 Å². The van der Waals surface area contributed by atoms with E-state index in [9.17, 15) is 0 Å². The predicted octanol–water partition coefficient (Wildman–Crippen LogP) is 28.6. The Morgan fingerprint density at radius 1 is 0.173 bits per heavy atom. The fourth-order valence-electron chi connectivity index (χ4n) is 17.3. The first-order valence-corrected chi connectivity index (χ1v) is 37.7. The number of fused-ring (bicyclic) bond motifs is 12. The highest BCUT2D eigenvalue weighted by atomic mass is 15.0. The van der Waals surface area contributed by atoms with E-state index in [1.807, 2.05) is 6.20 Å². The van der Waals surface area contributed by atoms with Crippen LogP contribution in [0.3, 0.4) is 0 Å². The van der Waals surface area contributed by atoms with Gasteiger partial charge in [0.15, 0.2) is 0 Å². The molecule has 0 aliphatic rings. The van der Waals surface area contributed by atoms with Gasteiger partial charge < -0.3 is 9.13 Å². The van der Waals surface area contributed by atoms with Gasteiger partial charge in [-0.05, 0) is 181 Å². The Labute approximate surface area is 636 Å². The lowest BCUT2D eigenvalue weighted by molar-refractivity contribution is 1.18. The molecular formula is C106H68N4. The van der Waals surface area contributed by atoms with Gasteiger partial charge in [-0.3, -0.25) is 9.97 Å². The van der Waals surface area contributed by atoms with Gasteiger partial charge in [-0.2, -0.15) is 0 Å². The van der Waals surface area contributed by atoms with E-state index in [-0.39, 0.29) is 0 Å². The van der Waals surface area contributed by atoms with Crippen LogP contribution in [0, 0.1) is 0 Å². The maximum Gasteiger partial charge on any atom is 0.0714 e. The second-order valence-corrected chi connectivity index (χ2v) is 28.6. The first kappa shape index (κ1) is 63.9. The third kappa shape index (κ3) is 10.9. The number of hydrogen-bond donors (Lipinski definition) is 0. The van der Waals surface area contributed by atoms with E-state index in [1.54, 1.807) is 0 Å². The first-order valence-electron chi connectivity index (χ1n) is 37.7. The van der Waals surface area contributed by atoms with Crippen LogP contribution in [0.5, 0.6) is 0 Å². The standard InChI is InChI=1S/2C53H34N2/c1-3-14-35(15-4-1)36-26-28-37(29-27-36)51-43-20-9-11-22-45(43)52(46-23-12-10-21-44(46)51)49-31-30-40(34-54-49)42-24-13-25-47-48-32-38-16-7-8-17-39(38)33-50(48)55(53(42)47)41-18-5-2-6-19-41;1-3-13-35(14-4-1)36-23-25-37(26-24-36)52-44-19-9-11-21-46(44)53(47-22-12-10-20-45(47)52)49-30-28-41(34-54-49)40-27-29-43-48-31-38-15-7-8-16-39(38)32-51(48)55(50(43)33-40)42-17-5-2-6-18-42/h2*1-34H. The molecule has 0 N–H and O–H groups in total. The molecule has 0 aliphatic carbocycles. The van der Waals surface area contributed by atoms with Crippen LogP contribution in [-0.2, 0) is 0 Å². The largest absolute Gasteiger partial charge is 0.309 e. The molecule has 4 aromatic heterocycles. The van der Waals surface area contributed by atoms with Crippen molar-refractivity contribution in [3.8, 4) is 101 Å². The smallest absolute Gasteiger partial charge is 0.0714 e. The van der Waals surface area contributed by atoms with E-state index in [0.717, 1.165) is 56.1 Å². The van der Waals surface area contributed by atoms with E-state index in [2.05, 4.69) is 416 Å². The van der Waals surface area contributed by atoms with Crippen LogP contribution < -0.4 is 0 Å². The van der Waals surface area contributed by atoms with Gasteiger partial charge in [0.2, 0.25) is 0 Å². The SMILES string of the molecule is c1ccc(-c2ccc(-c3c4ccccc4c(-c4ccc(-c5ccc6c7cc8ccccc8cc7n(-c7ccccc7)c6c5)cn4)c4ccccc34)cc2)cc1.c1ccc(-c2ccc(-c3c4ccccc4c(-c4ccc(-c5cccc6c7cc8ccccc8cc7n(-c7ccccc7)c56)cn4)c4ccccc34)cc2)cc1. The van der Waals surface area contributed by atoms with Crippen LogP contribution in [0.25, 0.3) is 209 Å². The summed E-state index contributed by atoms with van der Waals surface area (Å²) in [6, 6.07) is 145. The van der Waals surface area contributed by atoms with Crippen molar-refractivity contribution in [2.45, 2.75) is 0 Å². The average molecular weight is 1400 g/mol. The molecule has 0 unspecified atom stereocenters. The fourth-order valence-corrected chi connectivity index (χ4v) is 17.3. The van der Waals surface area contributed by atoms with Crippen molar-refractivity contribution in [3.63, 3.8) is 0 Å². The maximum absolute atomic E-state index is 5.27. The van der Waals surface area contributed by atoms with Crippen molar-refractivity contribution in [2.75, 3.05) is 0 Å². The fraction of sp³-hybridized carbons (Fsp3) is 0. The summed E-state index contributed by atoms with van der Waals surface area (Å²) in [7, 11) is 0. The number of rotatable bonds is 10. The Balaban J connectivity index is 0.000000140. The molecule has 22 rings (SSSR count). The van der Waals surface area contributed by atoms with Crippen LogP contribution in [0.15, 0.2) is 413 Å². The Morgan fingerprint density at radius 3 is 0.927 bits per heavy atom. The minimum atomic E-state index is 0.962. The molecule has 0 bridgehead atoms. The van der Waals surface area contributed by atoms with Gasteiger partial charge in [0.25, 0.3) is 0 Å². The van der Waals surface area contributed by atoms with Crippen molar-refractivity contribution in [1.29, 1.82) is 0 Å². The number of para-hydroxylation sites is 3.